The van der Waals surface area contributed by atoms with Gasteiger partial charge in [0.15, 0.2) is 0 Å². The Labute approximate surface area is 105 Å². The summed E-state index contributed by atoms with van der Waals surface area (Å²) in [6.45, 7) is 1.81. The van der Waals surface area contributed by atoms with Crippen molar-refractivity contribution in [2.45, 2.75) is 18.5 Å². The molecule has 0 aliphatic carbocycles. The molecule has 1 spiro atoms. The molecule has 0 aromatic heterocycles. The number of amides is 1. The summed E-state index contributed by atoms with van der Waals surface area (Å²) in [6.07, 6.45) is 1.76. The number of benzene rings is 1. The third kappa shape index (κ3) is 1.87. The second-order valence-electron chi connectivity index (χ2n) is 4.60. The summed E-state index contributed by atoms with van der Waals surface area (Å²) in [6, 6.07) is 5.31. The van der Waals surface area contributed by atoms with Gasteiger partial charge in [-0.3, -0.25) is 4.79 Å². The lowest BCUT2D eigenvalue weighted by Crippen LogP contribution is -2.61. The summed E-state index contributed by atoms with van der Waals surface area (Å²) in [7, 11) is 0. The van der Waals surface area contributed by atoms with Crippen LogP contribution in [0.1, 0.15) is 23.2 Å². The van der Waals surface area contributed by atoms with Crippen molar-refractivity contribution in [1.82, 2.24) is 10.6 Å². The second-order valence-corrected chi connectivity index (χ2v) is 5.04. The SMILES string of the molecule is O=C1NC2(CCNCC2)Nc2cc(Cl)ccc21. The van der Waals surface area contributed by atoms with E-state index in [-0.39, 0.29) is 11.6 Å². The van der Waals surface area contributed by atoms with Crippen LogP contribution in [-0.4, -0.2) is 24.7 Å². The molecule has 1 fully saturated rings. The number of nitrogens with one attached hydrogen (secondary N) is 3. The highest BCUT2D eigenvalue weighted by molar-refractivity contribution is 6.31. The van der Waals surface area contributed by atoms with Gasteiger partial charge in [0.2, 0.25) is 0 Å². The molecular formula is C12H14ClN3O. The van der Waals surface area contributed by atoms with E-state index in [1.54, 1.807) is 12.1 Å². The smallest absolute Gasteiger partial charge is 0.255 e. The zero-order chi connectivity index (χ0) is 11.9. The lowest BCUT2D eigenvalue weighted by molar-refractivity contribution is 0.0881. The van der Waals surface area contributed by atoms with Crippen LogP contribution in [0.15, 0.2) is 18.2 Å². The third-order valence-corrected chi connectivity index (χ3v) is 3.65. The van der Waals surface area contributed by atoms with E-state index in [0.29, 0.717) is 10.6 Å². The Morgan fingerprint density at radius 1 is 1.18 bits per heavy atom. The summed E-state index contributed by atoms with van der Waals surface area (Å²) >= 11 is 5.97. The first kappa shape index (κ1) is 10.9. The normalized spacial score (nSPS) is 21.6. The molecule has 1 aromatic carbocycles. The van der Waals surface area contributed by atoms with Gasteiger partial charge in [0.25, 0.3) is 5.91 Å². The highest BCUT2D eigenvalue weighted by Gasteiger charge is 2.38. The van der Waals surface area contributed by atoms with Gasteiger partial charge in [-0.2, -0.15) is 0 Å². The fourth-order valence-electron chi connectivity index (χ4n) is 2.50. The van der Waals surface area contributed by atoms with E-state index in [1.165, 1.54) is 0 Å². The highest BCUT2D eigenvalue weighted by atomic mass is 35.5. The summed E-state index contributed by atoms with van der Waals surface area (Å²) in [5.74, 6) is -0.0164. The number of fused-ring (bicyclic) bond motifs is 1. The fraction of sp³-hybridized carbons (Fsp3) is 0.417. The van der Waals surface area contributed by atoms with E-state index < -0.39 is 0 Å². The summed E-state index contributed by atoms with van der Waals surface area (Å²) in [4.78, 5) is 12.1. The quantitative estimate of drug-likeness (QED) is 0.656. The van der Waals surface area contributed by atoms with E-state index in [9.17, 15) is 4.79 Å². The van der Waals surface area contributed by atoms with Crippen LogP contribution in [0.25, 0.3) is 0 Å². The minimum absolute atomic E-state index is 0.0164. The van der Waals surface area contributed by atoms with E-state index in [1.807, 2.05) is 6.07 Å². The third-order valence-electron chi connectivity index (χ3n) is 3.41. The maximum Gasteiger partial charge on any atom is 0.255 e. The number of hydrogen-bond acceptors (Lipinski definition) is 3. The molecule has 1 amide bonds. The molecule has 0 bridgehead atoms. The van der Waals surface area contributed by atoms with Crippen molar-refractivity contribution in [3.63, 3.8) is 0 Å². The molecule has 0 unspecified atom stereocenters. The first-order valence-corrected chi connectivity index (χ1v) is 6.17. The Kier molecular flexibility index (Phi) is 2.49. The maximum atomic E-state index is 12.1. The lowest BCUT2D eigenvalue weighted by Gasteiger charge is -2.43. The number of carbonyl (C=O) groups is 1. The number of carbonyl (C=O) groups excluding carboxylic acids is 1. The predicted molar refractivity (Wildman–Crippen MR) is 67.4 cm³/mol. The van der Waals surface area contributed by atoms with Crippen LogP contribution in [0.5, 0.6) is 0 Å². The molecule has 0 atom stereocenters. The number of rotatable bonds is 0. The van der Waals surface area contributed by atoms with Crippen LogP contribution >= 0.6 is 11.6 Å². The Morgan fingerprint density at radius 2 is 1.94 bits per heavy atom. The van der Waals surface area contributed by atoms with Gasteiger partial charge in [-0.15, -0.1) is 0 Å². The molecule has 90 valence electrons. The number of anilines is 1. The topological polar surface area (TPSA) is 53.2 Å². The van der Waals surface area contributed by atoms with Crippen molar-refractivity contribution in [2.24, 2.45) is 0 Å². The molecule has 2 aliphatic heterocycles. The molecule has 5 heteroatoms. The lowest BCUT2D eigenvalue weighted by atomic mass is 9.93. The summed E-state index contributed by atoms with van der Waals surface area (Å²) < 4.78 is 0. The number of hydrogen-bond donors (Lipinski definition) is 3. The fourth-order valence-corrected chi connectivity index (χ4v) is 2.67. The molecule has 3 N–H and O–H groups in total. The number of piperidine rings is 1. The Morgan fingerprint density at radius 3 is 2.71 bits per heavy atom. The maximum absolute atomic E-state index is 12.1. The van der Waals surface area contributed by atoms with Crippen molar-refractivity contribution in [3.8, 4) is 0 Å². The van der Waals surface area contributed by atoms with Crippen molar-refractivity contribution in [3.05, 3.63) is 28.8 Å². The average molecular weight is 252 g/mol. The highest BCUT2D eigenvalue weighted by Crippen LogP contribution is 2.31. The summed E-state index contributed by atoms with van der Waals surface area (Å²) in [5, 5.41) is 10.4. The zero-order valence-electron chi connectivity index (χ0n) is 9.35. The predicted octanol–water partition coefficient (Wildman–Crippen LogP) is 1.57. The van der Waals surface area contributed by atoms with E-state index in [4.69, 9.17) is 11.6 Å². The monoisotopic (exact) mass is 251 g/mol. The molecule has 1 aromatic rings. The molecule has 0 saturated carbocycles. The summed E-state index contributed by atoms with van der Waals surface area (Å²) in [5.41, 5.74) is 1.20. The van der Waals surface area contributed by atoms with E-state index >= 15 is 0 Å². The number of halogens is 1. The molecule has 1 saturated heterocycles. The van der Waals surface area contributed by atoms with Crippen LogP contribution < -0.4 is 16.0 Å². The van der Waals surface area contributed by atoms with Gasteiger partial charge in [-0.1, -0.05) is 11.6 Å². The van der Waals surface area contributed by atoms with Crippen LogP contribution in [0.2, 0.25) is 5.02 Å². The minimum atomic E-state index is -0.306. The molecule has 2 aliphatic rings. The van der Waals surface area contributed by atoms with Crippen LogP contribution in [0.4, 0.5) is 5.69 Å². The van der Waals surface area contributed by atoms with Crippen LogP contribution in [-0.2, 0) is 0 Å². The Balaban J connectivity index is 1.98. The van der Waals surface area contributed by atoms with Crippen LogP contribution in [0, 0.1) is 0 Å². The van der Waals surface area contributed by atoms with Crippen LogP contribution in [0.3, 0.4) is 0 Å². The van der Waals surface area contributed by atoms with Gasteiger partial charge >= 0.3 is 0 Å². The first-order chi connectivity index (χ1) is 8.19. The molecule has 4 nitrogen and oxygen atoms in total. The van der Waals surface area contributed by atoms with Gasteiger partial charge in [0.05, 0.1) is 11.3 Å². The van der Waals surface area contributed by atoms with E-state index in [2.05, 4.69) is 16.0 Å². The van der Waals surface area contributed by atoms with Gasteiger partial charge in [0, 0.05) is 17.9 Å². The minimum Gasteiger partial charge on any atom is -0.362 e. The van der Waals surface area contributed by atoms with Crippen molar-refractivity contribution in [1.29, 1.82) is 0 Å². The average Bonchev–Trinajstić information content (AvgIpc) is 2.29. The Bertz CT molecular complexity index is 469. The van der Waals surface area contributed by atoms with Crippen molar-refractivity contribution in [2.75, 3.05) is 18.4 Å². The first-order valence-electron chi connectivity index (χ1n) is 5.80. The van der Waals surface area contributed by atoms with Gasteiger partial charge < -0.3 is 16.0 Å². The zero-order valence-corrected chi connectivity index (χ0v) is 10.1. The molecule has 2 heterocycles. The largest absolute Gasteiger partial charge is 0.362 e. The molecule has 3 rings (SSSR count). The van der Waals surface area contributed by atoms with Gasteiger partial charge in [0.1, 0.15) is 5.66 Å². The van der Waals surface area contributed by atoms with Crippen molar-refractivity contribution < 1.29 is 4.79 Å². The molecular weight excluding hydrogens is 238 g/mol. The molecule has 0 radical (unpaired) electrons. The van der Waals surface area contributed by atoms with E-state index in [0.717, 1.165) is 31.6 Å². The Hall–Kier alpha value is -1.26. The van der Waals surface area contributed by atoms with Gasteiger partial charge in [-0.25, -0.2) is 0 Å². The molecule has 17 heavy (non-hydrogen) atoms. The van der Waals surface area contributed by atoms with Crippen molar-refractivity contribution >= 4 is 23.2 Å². The van der Waals surface area contributed by atoms with Gasteiger partial charge in [-0.05, 0) is 31.3 Å². The standard InChI is InChI=1S/C12H14ClN3O/c13-8-1-2-9-10(7-8)15-12(16-11(9)17)3-5-14-6-4-12/h1-2,7,14-15H,3-6H2,(H,16,17). The second kappa shape index (κ2) is 3.89.